The van der Waals surface area contributed by atoms with Gasteiger partial charge in [0, 0.05) is 26.9 Å². The van der Waals surface area contributed by atoms with Crippen molar-refractivity contribution < 1.29 is 29.0 Å². The summed E-state index contributed by atoms with van der Waals surface area (Å²) in [6.45, 7) is 9.57. The lowest BCUT2D eigenvalue weighted by atomic mass is 9.85. The van der Waals surface area contributed by atoms with Crippen LogP contribution in [0.25, 0.3) is 11.1 Å². The van der Waals surface area contributed by atoms with E-state index in [1.807, 2.05) is 47.0 Å². The third kappa shape index (κ3) is 9.45. The first-order valence-corrected chi connectivity index (χ1v) is 15.5. The number of hydrogen-bond donors (Lipinski definition) is 2. The summed E-state index contributed by atoms with van der Waals surface area (Å²) in [6.07, 6.45) is 3.66. The number of methoxy groups -OCH3 is 1. The van der Waals surface area contributed by atoms with E-state index in [9.17, 15) is 19.5 Å². The molecular formula is C35H51N3O6. The second-order valence-corrected chi connectivity index (χ2v) is 13.9. The number of alkyl carbamates (subject to hydrolysis) is 1. The molecule has 9 heteroatoms. The zero-order chi connectivity index (χ0) is 32.7. The summed E-state index contributed by atoms with van der Waals surface area (Å²) in [5.41, 5.74) is 4.70. The fourth-order valence-electron chi connectivity index (χ4n) is 5.59. The van der Waals surface area contributed by atoms with Gasteiger partial charge in [-0.2, -0.15) is 0 Å². The maximum atomic E-state index is 13.9. The van der Waals surface area contributed by atoms with Crippen molar-refractivity contribution in [3.05, 3.63) is 53.6 Å². The molecule has 242 valence electrons. The Morgan fingerprint density at radius 3 is 2.36 bits per heavy atom. The molecule has 2 aliphatic heterocycles. The lowest BCUT2D eigenvalue weighted by Gasteiger charge is -2.37. The topological polar surface area (TPSA) is 108 Å². The number of benzene rings is 2. The van der Waals surface area contributed by atoms with Crippen molar-refractivity contribution in [1.82, 2.24) is 10.2 Å². The minimum atomic E-state index is -1.15. The van der Waals surface area contributed by atoms with Gasteiger partial charge in [-0.25, -0.2) is 9.59 Å². The fraction of sp³-hybridized carbons (Fsp3) is 0.571. The number of ether oxygens (including phenoxy) is 2. The average molecular weight is 610 g/mol. The molecule has 44 heavy (non-hydrogen) atoms. The maximum absolute atomic E-state index is 13.9. The number of carboxylic acids is 1. The van der Waals surface area contributed by atoms with Crippen LogP contribution in [-0.2, 0) is 31.9 Å². The van der Waals surface area contributed by atoms with Crippen LogP contribution < -0.4 is 10.2 Å². The van der Waals surface area contributed by atoms with Crippen molar-refractivity contribution in [2.45, 2.75) is 85.2 Å². The maximum Gasteiger partial charge on any atom is 0.407 e. The van der Waals surface area contributed by atoms with Gasteiger partial charge in [0.1, 0.15) is 18.8 Å². The number of aliphatic carboxylic acids is 1. The standard InChI is InChI=1S/C35H51N3O6/c1-34(2,3)30-31(39)38(23-43-8)29(32(40)41)19-14-24-12-15-25(16-13-24)28-18-17-27(37(6)7)21-26(28)11-9-10-20-35(4,5)22-44-33(42)36-30/h12-13,15-18,21,29-30H,9-11,14,19-20,22-23H2,1-8H3,(H,36,42)(H,40,41)/t29-,30+/m0/s1. The summed E-state index contributed by atoms with van der Waals surface area (Å²) in [5, 5.41) is 13.0. The molecule has 2 aromatic carbocycles. The van der Waals surface area contributed by atoms with E-state index < -0.39 is 35.5 Å². The van der Waals surface area contributed by atoms with Gasteiger partial charge in [-0.1, -0.05) is 71.4 Å². The van der Waals surface area contributed by atoms with Crippen molar-refractivity contribution in [2.24, 2.45) is 10.8 Å². The molecule has 0 spiro atoms. The molecule has 2 amide bonds. The molecule has 0 saturated carbocycles. The molecule has 0 unspecified atom stereocenters. The molecule has 2 atom stereocenters. The monoisotopic (exact) mass is 609 g/mol. The number of carbonyl (C=O) groups excluding carboxylic acids is 2. The Labute approximate surface area is 262 Å². The van der Waals surface area contributed by atoms with Crippen molar-refractivity contribution in [3.63, 3.8) is 0 Å². The van der Waals surface area contributed by atoms with Crippen LogP contribution in [0.2, 0.25) is 0 Å². The molecule has 0 aromatic heterocycles. The SMILES string of the molecule is COCN1C(=O)[C@H](C(C)(C)C)NC(=O)OCC(C)(C)CCCCc2cc(N(C)C)ccc2-c2ccc(cc2)CC[C@H]1C(=O)O. The van der Waals surface area contributed by atoms with Gasteiger partial charge < -0.3 is 29.7 Å². The van der Waals surface area contributed by atoms with E-state index >= 15 is 0 Å². The van der Waals surface area contributed by atoms with Crippen LogP contribution in [0.15, 0.2) is 42.5 Å². The highest BCUT2D eigenvalue weighted by molar-refractivity contribution is 5.90. The number of anilines is 1. The Morgan fingerprint density at radius 2 is 1.77 bits per heavy atom. The zero-order valence-electron chi connectivity index (χ0n) is 27.7. The molecule has 0 radical (unpaired) electrons. The number of rotatable bonds is 4. The number of nitrogens with zero attached hydrogens (tertiary/aromatic N) is 2. The quantitative estimate of drug-likeness (QED) is 0.429. The molecule has 2 aromatic rings. The summed E-state index contributed by atoms with van der Waals surface area (Å²) < 4.78 is 10.9. The fourth-order valence-corrected chi connectivity index (χ4v) is 5.59. The van der Waals surface area contributed by atoms with Crippen molar-refractivity contribution in [1.29, 1.82) is 0 Å². The number of amides is 2. The van der Waals surface area contributed by atoms with Crippen LogP contribution in [-0.4, -0.2) is 74.6 Å². The van der Waals surface area contributed by atoms with E-state index in [1.54, 1.807) is 0 Å². The van der Waals surface area contributed by atoms with Gasteiger partial charge in [0.25, 0.3) is 0 Å². The first-order chi connectivity index (χ1) is 20.6. The summed E-state index contributed by atoms with van der Waals surface area (Å²) in [5.74, 6) is -1.66. The van der Waals surface area contributed by atoms with E-state index in [4.69, 9.17) is 9.47 Å². The number of carboxylic acid groups (broad SMARTS) is 1. The summed E-state index contributed by atoms with van der Waals surface area (Å²) >= 11 is 0. The third-order valence-corrected chi connectivity index (χ3v) is 8.31. The van der Waals surface area contributed by atoms with Crippen LogP contribution in [0.1, 0.15) is 71.4 Å². The third-order valence-electron chi connectivity index (χ3n) is 8.31. The lowest BCUT2D eigenvalue weighted by Crippen LogP contribution is -2.58. The summed E-state index contributed by atoms with van der Waals surface area (Å²) in [6, 6.07) is 12.6. The molecule has 0 saturated heterocycles. The largest absolute Gasteiger partial charge is 0.480 e. The zero-order valence-corrected chi connectivity index (χ0v) is 27.7. The first kappa shape index (κ1) is 34.9. The Hall–Kier alpha value is -3.59. The summed E-state index contributed by atoms with van der Waals surface area (Å²) in [7, 11) is 5.50. The van der Waals surface area contributed by atoms with Gasteiger partial charge >= 0.3 is 12.1 Å². The van der Waals surface area contributed by atoms with Crippen LogP contribution in [0.4, 0.5) is 10.5 Å². The Bertz CT molecular complexity index is 1280. The normalized spacial score (nSPS) is 20.6. The Morgan fingerprint density at radius 1 is 1.09 bits per heavy atom. The molecule has 0 aliphatic carbocycles. The highest BCUT2D eigenvalue weighted by atomic mass is 16.5. The highest BCUT2D eigenvalue weighted by Crippen LogP contribution is 2.31. The van der Waals surface area contributed by atoms with E-state index in [0.717, 1.165) is 42.5 Å². The van der Waals surface area contributed by atoms with Gasteiger partial charge in [0.05, 0.1) is 6.61 Å². The van der Waals surface area contributed by atoms with Gasteiger partial charge in [-0.15, -0.1) is 0 Å². The van der Waals surface area contributed by atoms with Gasteiger partial charge in [0.2, 0.25) is 5.91 Å². The highest BCUT2D eigenvalue weighted by Gasteiger charge is 2.40. The van der Waals surface area contributed by atoms with Crippen molar-refractivity contribution in [3.8, 4) is 11.1 Å². The lowest BCUT2D eigenvalue weighted by molar-refractivity contribution is -0.157. The number of aryl methyl sites for hydroxylation is 2. The van der Waals surface area contributed by atoms with Gasteiger partial charge in [0.15, 0.2) is 0 Å². The van der Waals surface area contributed by atoms with E-state index in [-0.39, 0.29) is 25.2 Å². The average Bonchev–Trinajstić information content (AvgIpc) is 2.95. The molecule has 2 bridgehead atoms. The van der Waals surface area contributed by atoms with E-state index in [2.05, 4.69) is 54.4 Å². The van der Waals surface area contributed by atoms with Crippen LogP contribution in [0.3, 0.4) is 0 Å². The second kappa shape index (κ2) is 14.9. The molecule has 2 aliphatic rings. The van der Waals surface area contributed by atoms with Crippen LogP contribution in [0.5, 0.6) is 0 Å². The predicted octanol–water partition coefficient (Wildman–Crippen LogP) is 6.13. The predicted molar refractivity (Wildman–Crippen MR) is 174 cm³/mol. The molecule has 2 heterocycles. The first-order valence-electron chi connectivity index (χ1n) is 15.5. The smallest absolute Gasteiger partial charge is 0.407 e. The molecule has 0 fully saturated rings. The molecule has 2 N–H and O–H groups in total. The van der Waals surface area contributed by atoms with Crippen LogP contribution >= 0.6 is 0 Å². The van der Waals surface area contributed by atoms with Gasteiger partial charge in [-0.3, -0.25) is 4.79 Å². The second-order valence-electron chi connectivity index (χ2n) is 13.9. The van der Waals surface area contributed by atoms with Crippen molar-refractivity contribution in [2.75, 3.05) is 39.4 Å². The van der Waals surface area contributed by atoms with E-state index in [1.165, 1.54) is 23.1 Å². The van der Waals surface area contributed by atoms with Crippen LogP contribution in [0, 0.1) is 10.8 Å². The molecule has 4 rings (SSSR count). The molecular weight excluding hydrogens is 558 g/mol. The van der Waals surface area contributed by atoms with Gasteiger partial charge in [-0.05, 0) is 77.3 Å². The minimum Gasteiger partial charge on any atom is -0.480 e. The van der Waals surface area contributed by atoms with E-state index in [0.29, 0.717) is 6.42 Å². The molecule has 9 nitrogen and oxygen atoms in total. The van der Waals surface area contributed by atoms with Crippen molar-refractivity contribution >= 4 is 23.7 Å². The summed E-state index contributed by atoms with van der Waals surface area (Å²) in [4.78, 5) is 42.7. The minimum absolute atomic E-state index is 0.183. The Balaban J connectivity index is 2.01. The number of fused-ring (bicyclic) bond motifs is 16. The number of hydrogen-bond acceptors (Lipinski definition) is 6. The number of nitrogens with one attached hydrogen (secondary N) is 1. The Kier molecular flexibility index (Phi) is 11.8. The number of carbonyl (C=O) groups is 3.